The molecule has 0 saturated carbocycles. The number of amides is 1. The van der Waals surface area contributed by atoms with Crippen molar-refractivity contribution < 1.29 is 17.9 Å². The maximum Gasteiger partial charge on any atom is 0.243 e. The number of aryl methyl sites for hydroxylation is 1. The zero-order chi connectivity index (χ0) is 21.7. The molecule has 0 aromatic heterocycles. The summed E-state index contributed by atoms with van der Waals surface area (Å²) in [6, 6.07) is 12.9. The van der Waals surface area contributed by atoms with E-state index in [1.54, 1.807) is 23.1 Å². The van der Waals surface area contributed by atoms with E-state index in [4.69, 9.17) is 4.74 Å². The van der Waals surface area contributed by atoms with Crippen molar-refractivity contribution in [1.82, 2.24) is 4.31 Å². The van der Waals surface area contributed by atoms with Crippen LogP contribution in [0.25, 0.3) is 0 Å². The number of sulfonamides is 1. The van der Waals surface area contributed by atoms with Crippen LogP contribution in [0.3, 0.4) is 0 Å². The number of anilines is 1. The van der Waals surface area contributed by atoms with Gasteiger partial charge in [0.05, 0.1) is 11.5 Å². The number of hydrogen-bond acceptors (Lipinski definition) is 4. The van der Waals surface area contributed by atoms with E-state index in [1.165, 1.54) is 4.31 Å². The molecule has 2 aromatic carbocycles. The lowest BCUT2D eigenvalue weighted by molar-refractivity contribution is -0.118. The standard InChI is InChI=1S/C23H30N2O4S/c1-4-24(5-2)30(27,28)20-12-13-21-19(17-20)14-15-25(21)23(26)11-8-16-29-22-10-7-6-9-18(22)3/h6-7,9-10,12-13,17H,4-5,8,11,14-16H2,1-3H3. The summed E-state index contributed by atoms with van der Waals surface area (Å²) >= 11 is 0. The third-order valence-electron chi connectivity index (χ3n) is 5.48. The van der Waals surface area contributed by atoms with Crippen LogP contribution in [0.5, 0.6) is 5.75 Å². The van der Waals surface area contributed by atoms with E-state index in [9.17, 15) is 13.2 Å². The van der Waals surface area contributed by atoms with Crippen molar-refractivity contribution in [2.24, 2.45) is 0 Å². The average Bonchev–Trinajstić information content (AvgIpc) is 3.16. The van der Waals surface area contributed by atoms with Gasteiger partial charge in [0.1, 0.15) is 5.75 Å². The van der Waals surface area contributed by atoms with Gasteiger partial charge < -0.3 is 9.64 Å². The molecule has 1 aliphatic heterocycles. The highest BCUT2D eigenvalue weighted by atomic mass is 32.2. The number of nitrogens with zero attached hydrogens (tertiary/aromatic N) is 2. The van der Waals surface area contributed by atoms with Crippen LogP contribution >= 0.6 is 0 Å². The van der Waals surface area contributed by atoms with Crippen LogP contribution in [0.15, 0.2) is 47.4 Å². The van der Waals surface area contributed by atoms with Crippen LogP contribution in [0, 0.1) is 6.92 Å². The monoisotopic (exact) mass is 430 g/mol. The van der Waals surface area contributed by atoms with E-state index >= 15 is 0 Å². The zero-order valence-corrected chi connectivity index (χ0v) is 18.7. The van der Waals surface area contributed by atoms with Crippen molar-refractivity contribution in [1.29, 1.82) is 0 Å². The minimum Gasteiger partial charge on any atom is -0.493 e. The summed E-state index contributed by atoms with van der Waals surface area (Å²) in [6.07, 6.45) is 1.70. The number of ether oxygens (including phenoxy) is 1. The molecule has 0 atom stereocenters. The van der Waals surface area contributed by atoms with Crippen LogP contribution in [-0.2, 0) is 21.2 Å². The molecule has 0 aliphatic carbocycles. The molecule has 0 bridgehead atoms. The maximum absolute atomic E-state index is 12.8. The van der Waals surface area contributed by atoms with Gasteiger partial charge in [0.15, 0.2) is 0 Å². The fraction of sp³-hybridized carbons (Fsp3) is 0.435. The van der Waals surface area contributed by atoms with Gasteiger partial charge in [0.25, 0.3) is 0 Å². The van der Waals surface area contributed by atoms with E-state index in [2.05, 4.69) is 0 Å². The van der Waals surface area contributed by atoms with Gasteiger partial charge >= 0.3 is 0 Å². The molecule has 3 rings (SSSR count). The summed E-state index contributed by atoms with van der Waals surface area (Å²) in [7, 11) is -3.49. The number of carbonyl (C=O) groups is 1. The van der Waals surface area contributed by atoms with E-state index in [-0.39, 0.29) is 5.91 Å². The van der Waals surface area contributed by atoms with Crippen molar-refractivity contribution in [2.45, 2.75) is 44.9 Å². The molecule has 0 fully saturated rings. The average molecular weight is 431 g/mol. The maximum atomic E-state index is 12.8. The fourth-order valence-electron chi connectivity index (χ4n) is 3.77. The quantitative estimate of drug-likeness (QED) is 0.568. The summed E-state index contributed by atoms with van der Waals surface area (Å²) < 4.78 is 32.7. The summed E-state index contributed by atoms with van der Waals surface area (Å²) in [6.45, 7) is 7.60. The van der Waals surface area contributed by atoms with Crippen molar-refractivity contribution in [3.63, 3.8) is 0 Å². The van der Waals surface area contributed by atoms with Gasteiger partial charge in [-0.05, 0) is 55.2 Å². The molecule has 2 aromatic rings. The lowest BCUT2D eigenvalue weighted by Gasteiger charge is -2.20. The third-order valence-corrected chi connectivity index (χ3v) is 7.52. The van der Waals surface area contributed by atoms with Crippen LogP contribution < -0.4 is 9.64 Å². The number of rotatable bonds is 9. The molecular weight excluding hydrogens is 400 g/mol. The van der Waals surface area contributed by atoms with Gasteiger partial charge in [-0.1, -0.05) is 32.0 Å². The molecule has 6 nitrogen and oxygen atoms in total. The second kappa shape index (κ2) is 9.62. The Morgan fingerprint density at radius 1 is 1.13 bits per heavy atom. The molecular formula is C23H30N2O4S. The van der Waals surface area contributed by atoms with E-state index in [1.807, 2.05) is 45.0 Å². The summed E-state index contributed by atoms with van der Waals surface area (Å²) in [5.74, 6) is 0.889. The first-order chi connectivity index (χ1) is 14.4. The molecule has 0 radical (unpaired) electrons. The first-order valence-electron chi connectivity index (χ1n) is 10.5. The molecule has 7 heteroatoms. The Balaban J connectivity index is 1.61. The fourth-order valence-corrected chi connectivity index (χ4v) is 5.28. The number of benzene rings is 2. The number of fused-ring (bicyclic) bond motifs is 1. The molecule has 1 amide bonds. The van der Waals surface area contributed by atoms with Crippen LogP contribution in [0.1, 0.15) is 37.8 Å². The minimum absolute atomic E-state index is 0.0430. The highest BCUT2D eigenvalue weighted by Gasteiger charge is 2.28. The lowest BCUT2D eigenvalue weighted by Crippen LogP contribution is -2.30. The number of carbonyl (C=O) groups excluding carboxylic acids is 1. The second-order valence-electron chi connectivity index (χ2n) is 7.39. The van der Waals surface area contributed by atoms with E-state index < -0.39 is 10.0 Å². The van der Waals surface area contributed by atoms with Crippen molar-refractivity contribution in [3.05, 3.63) is 53.6 Å². The van der Waals surface area contributed by atoms with E-state index in [0.29, 0.717) is 50.4 Å². The second-order valence-corrected chi connectivity index (χ2v) is 9.33. The first-order valence-corrected chi connectivity index (χ1v) is 11.9. The summed E-state index contributed by atoms with van der Waals surface area (Å²) in [4.78, 5) is 14.8. The van der Waals surface area contributed by atoms with Crippen molar-refractivity contribution in [3.8, 4) is 5.75 Å². The molecule has 0 spiro atoms. The summed E-state index contributed by atoms with van der Waals surface area (Å²) in [5.41, 5.74) is 2.80. The predicted molar refractivity (Wildman–Crippen MR) is 119 cm³/mol. The molecule has 30 heavy (non-hydrogen) atoms. The van der Waals surface area contributed by atoms with Crippen LogP contribution in [0.2, 0.25) is 0 Å². The minimum atomic E-state index is -3.49. The van der Waals surface area contributed by atoms with Gasteiger partial charge in [0, 0.05) is 31.7 Å². The Kier molecular flexibility index (Phi) is 7.15. The molecule has 1 aliphatic rings. The summed E-state index contributed by atoms with van der Waals surface area (Å²) in [5, 5.41) is 0. The Bertz CT molecular complexity index is 1000. The predicted octanol–water partition coefficient (Wildman–Crippen LogP) is 3.77. The Morgan fingerprint density at radius 3 is 2.57 bits per heavy atom. The van der Waals surface area contributed by atoms with Gasteiger partial charge in [-0.3, -0.25) is 4.79 Å². The Hall–Kier alpha value is -2.38. The van der Waals surface area contributed by atoms with Gasteiger partial charge in [-0.2, -0.15) is 4.31 Å². The number of hydrogen-bond donors (Lipinski definition) is 0. The highest BCUT2D eigenvalue weighted by Crippen LogP contribution is 2.31. The molecule has 1 heterocycles. The normalized spacial score (nSPS) is 13.5. The van der Waals surface area contributed by atoms with Crippen molar-refractivity contribution >= 4 is 21.6 Å². The lowest BCUT2D eigenvalue weighted by atomic mass is 10.2. The number of para-hydroxylation sites is 1. The third kappa shape index (κ3) is 4.68. The smallest absolute Gasteiger partial charge is 0.243 e. The zero-order valence-electron chi connectivity index (χ0n) is 17.9. The molecule has 0 N–H and O–H groups in total. The molecule has 0 unspecified atom stereocenters. The molecule has 162 valence electrons. The Morgan fingerprint density at radius 2 is 1.87 bits per heavy atom. The van der Waals surface area contributed by atoms with Gasteiger partial charge in [0.2, 0.25) is 15.9 Å². The largest absolute Gasteiger partial charge is 0.493 e. The van der Waals surface area contributed by atoms with Gasteiger partial charge in [-0.25, -0.2) is 8.42 Å². The molecule has 0 saturated heterocycles. The van der Waals surface area contributed by atoms with Crippen LogP contribution in [0.4, 0.5) is 5.69 Å². The van der Waals surface area contributed by atoms with Crippen molar-refractivity contribution in [2.75, 3.05) is 31.1 Å². The topological polar surface area (TPSA) is 66.9 Å². The van der Waals surface area contributed by atoms with E-state index in [0.717, 1.165) is 22.6 Å². The van der Waals surface area contributed by atoms with Crippen LogP contribution in [-0.4, -0.2) is 44.9 Å². The first kappa shape index (κ1) is 22.3. The highest BCUT2D eigenvalue weighted by molar-refractivity contribution is 7.89. The van der Waals surface area contributed by atoms with Gasteiger partial charge in [-0.15, -0.1) is 0 Å². The Labute approximate surface area is 179 Å². The SMILES string of the molecule is CCN(CC)S(=O)(=O)c1ccc2c(c1)CCN2C(=O)CCCOc1ccccc1C.